The van der Waals surface area contributed by atoms with Crippen LogP contribution in [0, 0.1) is 0 Å². The molecule has 0 aliphatic heterocycles. The summed E-state index contributed by atoms with van der Waals surface area (Å²) >= 11 is 0. The Labute approximate surface area is 554 Å². The molecule has 0 saturated heterocycles. The zero-order valence-electron chi connectivity index (χ0n) is 58.5. The van der Waals surface area contributed by atoms with Gasteiger partial charge in [0.05, 0.1) is 27.7 Å². The van der Waals surface area contributed by atoms with Crippen LogP contribution in [0.5, 0.6) is 0 Å². The SMILES string of the molecule is CC/C=C\C/C=C\C/C=C\C/C=C\C/C=C\C/C=C\C/C=C\CCCCCCCCCCCCCCCC(=O)OC(COC(=O)CCCCCCCCCCCCCCCCC/C=C\C/C=C\C/C=C\C/C=C\C/C=C\CC)COP(=O)([O-])OCC[N+](C)(C)C. The van der Waals surface area contributed by atoms with Gasteiger partial charge in [-0.3, -0.25) is 14.2 Å². The summed E-state index contributed by atoms with van der Waals surface area (Å²) in [6.07, 6.45) is 102. The highest BCUT2D eigenvalue weighted by Crippen LogP contribution is 2.38. The molecular formula is C80H136NO8P. The molecule has 2 atom stereocenters. The first kappa shape index (κ1) is 85.9. The van der Waals surface area contributed by atoms with Crippen molar-refractivity contribution in [3.63, 3.8) is 0 Å². The standard InChI is InChI=1S/C80H136NO8P/c1-6-8-10-12-14-16-18-20-22-24-26-28-30-32-34-36-38-39-40-41-43-45-47-49-51-53-55-57-59-61-63-65-67-69-71-73-80(83)89-78(77-88-90(84,85)87-75-74-81(3,4)5)76-86-79(82)72-70-68-66-64-62-60-58-56-54-52-50-48-46-44-42-37-35-33-31-29-27-25-23-21-19-17-15-13-11-9-7-2/h8-11,14-17,20-23,26-29,32-35,38-39,41,43,78H,6-7,12-13,18-19,24-25,30-31,36-37,40,42,44-77H2,1-5H3/b10-8-,11-9-,16-14-,17-15-,22-20-,23-21-,28-26-,29-27-,34-32-,35-33-,39-38-,43-41-. The van der Waals surface area contributed by atoms with Gasteiger partial charge in [-0.05, 0) is 116 Å². The first-order valence-corrected chi connectivity index (χ1v) is 38.0. The van der Waals surface area contributed by atoms with E-state index in [0.29, 0.717) is 17.4 Å². The second kappa shape index (κ2) is 69.2. The van der Waals surface area contributed by atoms with Gasteiger partial charge in [-0.25, -0.2) is 0 Å². The number of carbonyl (C=O) groups excluding carboxylic acids is 2. The minimum Gasteiger partial charge on any atom is -0.756 e. The lowest BCUT2D eigenvalue weighted by molar-refractivity contribution is -0.870. The molecule has 0 amide bonds. The molecule has 0 heterocycles. The summed E-state index contributed by atoms with van der Waals surface area (Å²) in [5.41, 5.74) is 0. The Morgan fingerprint density at radius 3 is 0.889 bits per heavy atom. The van der Waals surface area contributed by atoms with E-state index in [1.165, 1.54) is 148 Å². The maximum Gasteiger partial charge on any atom is 0.306 e. The number of likely N-dealkylation sites (N-methyl/N-ethyl adjacent to an activating group) is 1. The number of unbranched alkanes of at least 4 members (excludes halogenated alkanes) is 28. The number of phosphoric acid groups is 1. The van der Waals surface area contributed by atoms with Crippen molar-refractivity contribution in [2.45, 2.75) is 302 Å². The highest BCUT2D eigenvalue weighted by molar-refractivity contribution is 7.45. The number of esters is 2. The van der Waals surface area contributed by atoms with Crippen molar-refractivity contribution >= 4 is 19.8 Å². The summed E-state index contributed by atoms with van der Waals surface area (Å²) < 4.78 is 34.4. The molecular weight excluding hydrogens is 1130 g/mol. The molecule has 0 bridgehead atoms. The van der Waals surface area contributed by atoms with Crippen molar-refractivity contribution in [1.29, 1.82) is 0 Å². The van der Waals surface area contributed by atoms with Crippen molar-refractivity contribution in [1.82, 2.24) is 0 Å². The van der Waals surface area contributed by atoms with Gasteiger partial charge in [0, 0.05) is 12.8 Å². The van der Waals surface area contributed by atoms with Crippen molar-refractivity contribution < 1.29 is 42.1 Å². The third kappa shape index (κ3) is 72.9. The van der Waals surface area contributed by atoms with Crippen LogP contribution in [0.25, 0.3) is 0 Å². The summed E-state index contributed by atoms with van der Waals surface area (Å²) in [5.74, 6) is -0.834. The van der Waals surface area contributed by atoms with E-state index in [0.717, 1.165) is 116 Å². The van der Waals surface area contributed by atoms with Gasteiger partial charge in [0.2, 0.25) is 0 Å². The molecule has 10 heteroatoms. The fourth-order valence-corrected chi connectivity index (χ4v) is 10.6. The molecule has 2 unspecified atom stereocenters. The van der Waals surface area contributed by atoms with E-state index in [1.54, 1.807) is 0 Å². The van der Waals surface area contributed by atoms with E-state index >= 15 is 0 Å². The minimum atomic E-state index is -4.65. The summed E-state index contributed by atoms with van der Waals surface area (Å²) in [4.78, 5) is 38.1. The Morgan fingerprint density at radius 1 is 0.344 bits per heavy atom. The van der Waals surface area contributed by atoms with Crippen LogP contribution in [0.3, 0.4) is 0 Å². The maximum absolute atomic E-state index is 12.9. The van der Waals surface area contributed by atoms with E-state index < -0.39 is 26.5 Å². The van der Waals surface area contributed by atoms with Crippen LogP contribution in [0.15, 0.2) is 146 Å². The molecule has 0 aromatic rings. The number of ether oxygens (including phenoxy) is 2. The Balaban J connectivity index is 4.05. The molecule has 0 aromatic heterocycles. The lowest BCUT2D eigenvalue weighted by Gasteiger charge is -2.28. The lowest BCUT2D eigenvalue weighted by atomic mass is 10.0. The van der Waals surface area contributed by atoms with Crippen molar-refractivity contribution in [3.8, 4) is 0 Å². The van der Waals surface area contributed by atoms with Crippen LogP contribution in [-0.2, 0) is 32.7 Å². The molecule has 0 rings (SSSR count). The predicted octanol–water partition coefficient (Wildman–Crippen LogP) is 23.5. The van der Waals surface area contributed by atoms with E-state index in [4.69, 9.17) is 18.5 Å². The Bertz CT molecular complexity index is 2030. The monoisotopic (exact) mass is 1270 g/mol. The fourth-order valence-electron chi connectivity index (χ4n) is 9.84. The molecule has 514 valence electrons. The zero-order chi connectivity index (χ0) is 65.5. The van der Waals surface area contributed by atoms with Gasteiger partial charge >= 0.3 is 11.9 Å². The summed E-state index contributed by atoms with van der Waals surface area (Å²) in [6, 6.07) is 0. The molecule has 0 N–H and O–H groups in total. The lowest BCUT2D eigenvalue weighted by Crippen LogP contribution is -2.37. The minimum absolute atomic E-state index is 0.0362. The topological polar surface area (TPSA) is 111 Å². The average Bonchev–Trinajstić information content (AvgIpc) is 3.61. The molecule has 0 saturated carbocycles. The van der Waals surface area contributed by atoms with Gasteiger partial charge in [-0.2, -0.15) is 0 Å². The number of allylic oxidation sites excluding steroid dienone is 24. The molecule has 0 fully saturated rings. The number of quaternary nitrogens is 1. The van der Waals surface area contributed by atoms with E-state index in [1.807, 2.05) is 21.1 Å². The molecule has 0 aliphatic carbocycles. The predicted molar refractivity (Wildman–Crippen MR) is 387 cm³/mol. The highest BCUT2D eigenvalue weighted by Gasteiger charge is 2.22. The maximum atomic E-state index is 12.9. The van der Waals surface area contributed by atoms with Gasteiger partial charge in [0.15, 0.2) is 6.10 Å². The van der Waals surface area contributed by atoms with E-state index in [-0.39, 0.29) is 32.0 Å². The number of nitrogens with zero attached hydrogens (tertiary/aromatic N) is 1. The second-order valence-electron chi connectivity index (χ2n) is 25.2. The van der Waals surface area contributed by atoms with Gasteiger partial charge in [-0.15, -0.1) is 0 Å². The fraction of sp³-hybridized carbons (Fsp3) is 0.675. The molecule has 0 radical (unpaired) electrons. The average molecular weight is 1270 g/mol. The number of carbonyl (C=O) groups is 2. The summed E-state index contributed by atoms with van der Waals surface area (Å²) in [6.45, 7) is 4.03. The van der Waals surface area contributed by atoms with E-state index in [9.17, 15) is 19.0 Å². The Morgan fingerprint density at radius 2 is 0.600 bits per heavy atom. The van der Waals surface area contributed by atoms with Crippen LogP contribution in [0.1, 0.15) is 296 Å². The Hall–Kier alpha value is -4.11. The van der Waals surface area contributed by atoms with Gasteiger partial charge < -0.3 is 27.9 Å². The van der Waals surface area contributed by atoms with Crippen molar-refractivity contribution in [2.24, 2.45) is 0 Å². The highest BCUT2D eigenvalue weighted by atomic mass is 31.2. The molecule has 9 nitrogen and oxygen atoms in total. The van der Waals surface area contributed by atoms with E-state index in [2.05, 4.69) is 160 Å². The number of hydrogen-bond donors (Lipinski definition) is 0. The van der Waals surface area contributed by atoms with Gasteiger partial charge in [0.1, 0.15) is 19.8 Å². The van der Waals surface area contributed by atoms with Crippen LogP contribution >= 0.6 is 7.82 Å². The third-order valence-corrected chi connectivity index (χ3v) is 16.3. The first-order valence-electron chi connectivity index (χ1n) is 36.5. The molecule has 0 aromatic carbocycles. The van der Waals surface area contributed by atoms with Gasteiger partial charge in [0.25, 0.3) is 7.82 Å². The quantitative estimate of drug-likeness (QED) is 0.0195. The summed E-state index contributed by atoms with van der Waals surface area (Å²) in [7, 11) is 1.16. The number of hydrogen-bond acceptors (Lipinski definition) is 8. The first-order chi connectivity index (χ1) is 44.0. The van der Waals surface area contributed by atoms with Crippen molar-refractivity contribution in [2.75, 3.05) is 47.5 Å². The normalized spacial score (nSPS) is 14.0. The van der Waals surface area contributed by atoms with Crippen LogP contribution < -0.4 is 4.89 Å². The summed E-state index contributed by atoms with van der Waals surface area (Å²) in [5, 5.41) is 0. The molecule has 0 spiro atoms. The van der Waals surface area contributed by atoms with Crippen LogP contribution in [0.4, 0.5) is 0 Å². The van der Waals surface area contributed by atoms with Gasteiger partial charge in [-0.1, -0.05) is 314 Å². The third-order valence-electron chi connectivity index (χ3n) is 15.4. The van der Waals surface area contributed by atoms with Crippen molar-refractivity contribution in [3.05, 3.63) is 146 Å². The molecule has 90 heavy (non-hydrogen) atoms. The number of phosphoric ester groups is 1. The van der Waals surface area contributed by atoms with Crippen LogP contribution in [-0.4, -0.2) is 70.0 Å². The Kier molecular flexibility index (Phi) is 66.1. The largest absolute Gasteiger partial charge is 0.756 e. The van der Waals surface area contributed by atoms with Crippen LogP contribution in [0.2, 0.25) is 0 Å². The number of rotatable bonds is 66. The zero-order valence-corrected chi connectivity index (χ0v) is 59.4. The smallest absolute Gasteiger partial charge is 0.306 e. The second-order valence-corrected chi connectivity index (χ2v) is 26.6. The molecule has 0 aliphatic rings.